The Kier molecular flexibility index (Phi) is 7.68. The molecule has 1 aromatic heterocycles. The van der Waals surface area contributed by atoms with Crippen molar-refractivity contribution in [2.45, 2.75) is 19.8 Å². The first kappa shape index (κ1) is 26.0. The maximum Gasteiger partial charge on any atom is 0.573 e. The zero-order valence-corrected chi connectivity index (χ0v) is 20.5. The fraction of sp³-hybridized carbons (Fsp3) is 0.192. The molecule has 0 fully saturated rings. The third-order valence-corrected chi connectivity index (χ3v) is 5.65. The van der Waals surface area contributed by atoms with Gasteiger partial charge in [-0.15, -0.1) is 18.3 Å². The van der Waals surface area contributed by atoms with Crippen molar-refractivity contribution in [3.8, 4) is 33.9 Å². The Balaban J connectivity index is 1.69. The van der Waals surface area contributed by atoms with Gasteiger partial charge in [0.2, 0.25) is 0 Å². The molecule has 7 nitrogen and oxygen atoms in total. The monoisotopic (exact) mass is 531 g/mol. The van der Waals surface area contributed by atoms with E-state index in [-0.39, 0.29) is 18.1 Å². The Morgan fingerprint density at radius 2 is 1.62 bits per heavy atom. The molecule has 0 aliphatic heterocycles. The average molecular weight is 532 g/mol. The number of hydrogen-bond acceptors (Lipinski definition) is 6. The van der Waals surface area contributed by atoms with Crippen LogP contribution in [0.3, 0.4) is 0 Å². The minimum absolute atomic E-state index is 0.0350. The summed E-state index contributed by atoms with van der Waals surface area (Å²) in [6.45, 7) is 2.17. The number of rotatable bonds is 8. The summed E-state index contributed by atoms with van der Waals surface area (Å²) < 4.78 is 53.2. The zero-order chi connectivity index (χ0) is 26.6. The summed E-state index contributed by atoms with van der Waals surface area (Å²) >= 11 is 6.57. The predicted octanol–water partition coefficient (Wildman–Crippen LogP) is 6.40. The standard InChI is InChI=1S/C26H21ClF3N3O4/c1-3-36-25(34)23-24(33(32-31-23)15-16-4-9-19(35-2)10-5-16)18-8-13-21(22(27)14-18)17-6-11-20(12-7-17)37-26(28,29)30/h4-14H,3,15H2,1-2H3. The summed E-state index contributed by atoms with van der Waals surface area (Å²) in [4.78, 5) is 12.6. The van der Waals surface area contributed by atoms with Crippen LogP contribution in [0.2, 0.25) is 5.02 Å². The van der Waals surface area contributed by atoms with E-state index in [2.05, 4.69) is 15.0 Å². The van der Waals surface area contributed by atoms with Crippen LogP contribution >= 0.6 is 11.6 Å². The molecule has 0 unspecified atom stereocenters. The minimum Gasteiger partial charge on any atom is -0.497 e. The predicted molar refractivity (Wildman–Crippen MR) is 131 cm³/mol. The van der Waals surface area contributed by atoms with Gasteiger partial charge in [0.25, 0.3) is 0 Å². The van der Waals surface area contributed by atoms with Crippen LogP contribution in [0.4, 0.5) is 13.2 Å². The number of hydrogen-bond donors (Lipinski definition) is 0. The summed E-state index contributed by atoms with van der Waals surface area (Å²) in [5, 5.41) is 8.54. The first-order valence-electron chi connectivity index (χ1n) is 11.1. The summed E-state index contributed by atoms with van der Waals surface area (Å²) in [5.74, 6) is -0.259. The SMILES string of the molecule is CCOC(=O)c1nnn(Cc2ccc(OC)cc2)c1-c1ccc(-c2ccc(OC(F)(F)F)cc2)c(Cl)c1. The van der Waals surface area contributed by atoms with Gasteiger partial charge in [-0.1, -0.05) is 53.2 Å². The van der Waals surface area contributed by atoms with Crippen LogP contribution in [0.5, 0.6) is 11.5 Å². The number of methoxy groups -OCH3 is 1. The fourth-order valence-corrected chi connectivity index (χ4v) is 3.97. The number of carbonyl (C=O) groups excluding carboxylic acids is 1. The van der Waals surface area contributed by atoms with E-state index in [0.29, 0.717) is 39.7 Å². The van der Waals surface area contributed by atoms with Crippen molar-refractivity contribution >= 4 is 17.6 Å². The molecule has 192 valence electrons. The van der Waals surface area contributed by atoms with Crippen molar-refractivity contribution in [3.05, 3.63) is 83.0 Å². The number of alkyl halides is 3. The zero-order valence-electron chi connectivity index (χ0n) is 19.8. The Hall–Kier alpha value is -4.05. The van der Waals surface area contributed by atoms with Gasteiger partial charge in [0.15, 0.2) is 5.69 Å². The first-order valence-corrected chi connectivity index (χ1v) is 11.5. The summed E-state index contributed by atoms with van der Waals surface area (Å²) in [7, 11) is 1.58. The maximum atomic E-state index is 12.6. The van der Waals surface area contributed by atoms with Crippen LogP contribution in [0.25, 0.3) is 22.4 Å². The van der Waals surface area contributed by atoms with Gasteiger partial charge < -0.3 is 14.2 Å². The second-order valence-electron chi connectivity index (χ2n) is 7.78. The Bertz CT molecular complexity index is 1390. The van der Waals surface area contributed by atoms with E-state index in [1.807, 2.05) is 24.3 Å². The molecule has 0 spiro atoms. The highest BCUT2D eigenvalue weighted by molar-refractivity contribution is 6.33. The minimum atomic E-state index is -4.78. The van der Waals surface area contributed by atoms with Crippen LogP contribution in [0, 0.1) is 0 Å². The van der Waals surface area contributed by atoms with Crippen LogP contribution < -0.4 is 9.47 Å². The number of benzene rings is 3. The van der Waals surface area contributed by atoms with E-state index in [1.165, 1.54) is 24.3 Å². The van der Waals surface area contributed by atoms with Gasteiger partial charge in [-0.25, -0.2) is 9.48 Å². The summed E-state index contributed by atoms with van der Waals surface area (Å²) in [6, 6.07) is 17.8. The molecule has 4 rings (SSSR count). The molecule has 3 aromatic carbocycles. The van der Waals surface area contributed by atoms with E-state index in [9.17, 15) is 18.0 Å². The number of aromatic nitrogens is 3. The second-order valence-corrected chi connectivity index (χ2v) is 8.19. The third-order valence-electron chi connectivity index (χ3n) is 5.34. The Labute approximate surface area is 215 Å². The molecule has 0 amide bonds. The number of halogens is 4. The fourth-order valence-electron chi connectivity index (χ4n) is 3.68. The van der Waals surface area contributed by atoms with E-state index in [1.54, 1.807) is 36.9 Å². The van der Waals surface area contributed by atoms with Gasteiger partial charge in [-0.2, -0.15) is 0 Å². The van der Waals surface area contributed by atoms with Gasteiger partial charge in [0, 0.05) is 16.1 Å². The van der Waals surface area contributed by atoms with Crippen molar-refractivity contribution in [2.24, 2.45) is 0 Å². The van der Waals surface area contributed by atoms with Crippen molar-refractivity contribution in [1.82, 2.24) is 15.0 Å². The molecule has 4 aromatic rings. The lowest BCUT2D eigenvalue weighted by Gasteiger charge is -2.12. The lowest BCUT2D eigenvalue weighted by molar-refractivity contribution is -0.274. The van der Waals surface area contributed by atoms with Gasteiger partial charge in [-0.3, -0.25) is 0 Å². The number of ether oxygens (including phenoxy) is 3. The van der Waals surface area contributed by atoms with E-state index in [4.69, 9.17) is 21.1 Å². The third kappa shape index (κ3) is 6.21. The van der Waals surface area contributed by atoms with E-state index >= 15 is 0 Å². The van der Waals surface area contributed by atoms with E-state index in [0.717, 1.165) is 5.56 Å². The van der Waals surface area contributed by atoms with Crippen LogP contribution in [0.15, 0.2) is 66.7 Å². The van der Waals surface area contributed by atoms with Crippen molar-refractivity contribution in [2.75, 3.05) is 13.7 Å². The number of nitrogens with zero attached hydrogens (tertiary/aromatic N) is 3. The number of esters is 1. The molecule has 0 bridgehead atoms. The Morgan fingerprint density at radius 1 is 0.973 bits per heavy atom. The van der Waals surface area contributed by atoms with Gasteiger partial charge in [-0.05, 0) is 48.4 Å². The van der Waals surface area contributed by atoms with Gasteiger partial charge in [0.1, 0.15) is 17.2 Å². The highest BCUT2D eigenvalue weighted by Crippen LogP contribution is 2.35. The maximum absolute atomic E-state index is 12.6. The first-order chi connectivity index (χ1) is 17.7. The average Bonchev–Trinajstić information content (AvgIpc) is 3.28. The molecule has 0 saturated heterocycles. The lowest BCUT2D eigenvalue weighted by atomic mass is 10.0. The van der Waals surface area contributed by atoms with Crippen molar-refractivity contribution in [1.29, 1.82) is 0 Å². The molecule has 0 radical (unpaired) electrons. The van der Waals surface area contributed by atoms with Crippen molar-refractivity contribution < 1.29 is 32.2 Å². The number of carbonyl (C=O) groups is 1. The molecule has 11 heteroatoms. The molecule has 0 N–H and O–H groups in total. The molecule has 0 saturated carbocycles. The molecule has 0 atom stereocenters. The summed E-state index contributed by atoms with van der Waals surface area (Å²) in [5.41, 5.74) is 3.07. The van der Waals surface area contributed by atoms with Crippen LogP contribution in [0.1, 0.15) is 23.0 Å². The van der Waals surface area contributed by atoms with Crippen LogP contribution in [-0.2, 0) is 11.3 Å². The topological polar surface area (TPSA) is 75.5 Å². The van der Waals surface area contributed by atoms with Gasteiger partial charge in [0.05, 0.1) is 20.3 Å². The highest BCUT2D eigenvalue weighted by atomic mass is 35.5. The molecule has 0 aliphatic rings. The smallest absolute Gasteiger partial charge is 0.497 e. The quantitative estimate of drug-likeness (QED) is 0.245. The molecular weight excluding hydrogens is 511 g/mol. The normalized spacial score (nSPS) is 11.3. The molecular formula is C26H21ClF3N3O4. The van der Waals surface area contributed by atoms with E-state index < -0.39 is 12.3 Å². The second kappa shape index (κ2) is 10.9. The van der Waals surface area contributed by atoms with Gasteiger partial charge >= 0.3 is 12.3 Å². The van der Waals surface area contributed by atoms with Crippen molar-refractivity contribution in [3.63, 3.8) is 0 Å². The highest BCUT2D eigenvalue weighted by Gasteiger charge is 2.31. The Morgan fingerprint density at radius 3 is 2.22 bits per heavy atom. The molecule has 1 heterocycles. The molecule has 0 aliphatic carbocycles. The summed E-state index contributed by atoms with van der Waals surface area (Å²) in [6.07, 6.45) is -4.78. The lowest BCUT2D eigenvalue weighted by Crippen LogP contribution is -2.16. The van der Waals surface area contributed by atoms with Crippen LogP contribution in [-0.4, -0.2) is 41.0 Å². The largest absolute Gasteiger partial charge is 0.573 e. The molecule has 37 heavy (non-hydrogen) atoms.